The molecule has 1 saturated heterocycles. The molecule has 0 aromatic rings. The highest BCUT2D eigenvalue weighted by Gasteiger charge is 2.75. The Morgan fingerprint density at radius 1 is 1.28 bits per heavy atom. The summed E-state index contributed by atoms with van der Waals surface area (Å²) >= 11 is 0. The molecule has 104 valence electrons. The van der Waals surface area contributed by atoms with Gasteiger partial charge in [-0.2, -0.15) is 26.3 Å². The number of alkyl halides is 6. The molecule has 3 nitrogen and oxygen atoms in total. The van der Waals surface area contributed by atoms with Gasteiger partial charge >= 0.3 is 18.3 Å². The van der Waals surface area contributed by atoms with Crippen molar-refractivity contribution in [1.82, 2.24) is 0 Å². The lowest BCUT2D eigenvalue weighted by molar-refractivity contribution is -0.385. The van der Waals surface area contributed by atoms with Crippen LogP contribution >= 0.6 is 0 Å². The van der Waals surface area contributed by atoms with E-state index in [9.17, 15) is 31.1 Å². The van der Waals surface area contributed by atoms with Gasteiger partial charge in [0, 0.05) is 18.9 Å². The zero-order valence-corrected chi connectivity index (χ0v) is 8.77. The van der Waals surface area contributed by atoms with Gasteiger partial charge in [0.15, 0.2) is 0 Å². The zero-order valence-electron chi connectivity index (χ0n) is 8.77. The minimum atomic E-state index is -5.64. The maximum atomic E-state index is 12.5. The van der Waals surface area contributed by atoms with E-state index in [1.807, 2.05) is 0 Å². The van der Waals surface area contributed by atoms with Crippen LogP contribution in [0.15, 0.2) is 12.7 Å². The highest BCUT2D eigenvalue weighted by Crippen LogP contribution is 2.52. The molecule has 0 N–H and O–H groups in total. The number of carbonyl (C=O) groups excluding carboxylic acids is 1. The average Bonchev–Trinajstić information content (AvgIpc) is 2.61. The minimum Gasteiger partial charge on any atom is -0.433 e. The fraction of sp³-hybridized carbons (Fsp3) is 0.667. The molecule has 0 amide bonds. The maximum absolute atomic E-state index is 12.5. The normalized spacial score (nSPS) is 23.8. The molecule has 0 radical (unpaired) electrons. The third kappa shape index (κ3) is 2.45. The Bertz CT molecular complexity index is 331. The van der Waals surface area contributed by atoms with E-state index < -0.39 is 43.1 Å². The van der Waals surface area contributed by atoms with Crippen LogP contribution in [0, 0.1) is 0 Å². The number of hydrogen-bond acceptors (Lipinski definition) is 3. The monoisotopic (exact) mass is 278 g/mol. The molecule has 0 bridgehead atoms. The summed E-state index contributed by atoms with van der Waals surface area (Å²) in [5, 5.41) is 0. The van der Waals surface area contributed by atoms with Crippen molar-refractivity contribution in [2.75, 3.05) is 0 Å². The highest BCUT2D eigenvalue weighted by molar-refractivity contribution is 5.81. The zero-order chi connectivity index (χ0) is 14.2. The summed E-state index contributed by atoms with van der Waals surface area (Å²) < 4.78 is 83.1. The molecule has 0 aromatic heterocycles. The van der Waals surface area contributed by atoms with Gasteiger partial charge in [-0.25, -0.2) is 4.79 Å². The summed E-state index contributed by atoms with van der Waals surface area (Å²) in [5.74, 6) is -1.15. The minimum absolute atomic E-state index is 0.616. The first-order chi connectivity index (χ1) is 8.03. The topological polar surface area (TPSA) is 35.5 Å². The van der Waals surface area contributed by atoms with Gasteiger partial charge in [-0.05, 0) is 0 Å². The van der Waals surface area contributed by atoms with Gasteiger partial charge < -0.3 is 9.47 Å². The van der Waals surface area contributed by atoms with Crippen molar-refractivity contribution >= 4 is 5.97 Å². The lowest BCUT2D eigenvalue weighted by Crippen LogP contribution is -2.56. The Morgan fingerprint density at radius 3 is 2.11 bits per heavy atom. The molecule has 0 aromatic carbocycles. The van der Waals surface area contributed by atoms with E-state index in [-0.39, 0.29) is 0 Å². The third-order valence-electron chi connectivity index (χ3n) is 2.39. The predicted octanol–water partition coefficient (Wildman–Crippen LogP) is 2.72. The molecule has 18 heavy (non-hydrogen) atoms. The Kier molecular flexibility index (Phi) is 3.66. The lowest BCUT2D eigenvalue weighted by Gasteiger charge is -2.32. The first kappa shape index (κ1) is 14.8. The van der Waals surface area contributed by atoms with Gasteiger partial charge in [-0.1, -0.05) is 6.58 Å². The van der Waals surface area contributed by atoms with Gasteiger partial charge in [0.1, 0.15) is 0 Å². The number of ether oxygens (including phenoxy) is 2. The Hall–Kier alpha value is -1.25. The number of carbonyl (C=O) groups is 1. The van der Waals surface area contributed by atoms with Crippen LogP contribution in [0.5, 0.6) is 0 Å². The van der Waals surface area contributed by atoms with Crippen LogP contribution in [0.4, 0.5) is 26.3 Å². The SMILES string of the molecule is C=CC(=O)OC1CCC(C(F)(F)F)(C(F)(F)F)O1. The molecule has 1 heterocycles. The molecule has 1 atom stereocenters. The highest BCUT2D eigenvalue weighted by atomic mass is 19.4. The maximum Gasteiger partial charge on any atom is 0.426 e. The Morgan fingerprint density at radius 2 is 1.78 bits per heavy atom. The summed E-state index contributed by atoms with van der Waals surface area (Å²) in [6, 6.07) is 0. The molecule has 1 fully saturated rings. The van der Waals surface area contributed by atoms with Crippen molar-refractivity contribution in [3.8, 4) is 0 Å². The molecule has 1 aliphatic rings. The summed E-state index contributed by atoms with van der Waals surface area (Å²) in [5.41, 5.74) is -4.29. The van der Waals surface area contributed by atoms with Gasteiger partial charge in [0.05, 0.1) is 0 Å². The number of halogens is 6. The van der Waals surface area contributed by atoms with E-state index in [2.05, 4.69) is 16.1 Å². The fourth-order valence-electron chi connectivity index (χ4n) is 1.50. The van der Waals surface area contributed by atoms with Crippen molar-refractivity contribution in [2.24, 2.45) is 0 Å². The summed E-state index contributed by atoms with van der Waals surface area (Å²) in [6.45, 7) is 2.96. The van der Waals surface area contributed by atoms with Crippen LogP contribution < -0.4 is 0 Å². The molecular weight excluding hydrogens is 270 g/mol. The van der Waals surface area contributed by atoms with Gasteiger partial charge in [-0.3, -0.25) is 0 Å². The van der Waals surface area contributed by atoms with Crippen molar-refractivity contribution in [1.29, 1.82) is 0 Å². The van der Waals surface area contributed by atoms with E-state index in [1.54, 1.807) is 0 Å². The van der Waals surface area contributed by atoms with E-state index in [4.69, 9.17) is 0 Å². The largest absolute Gasteiger partial charge is 0.433 e. The number of hydrogen-bond donors (Lipinski definition) is 0. The first-order valence-electron chi connectivity index (χ1n) is 4.68. The molecule has 1 rings (SSSR count). The number of esters is 1. The van der Waals surface area contributed by atoms with E-state index >= 15 is 0 Å². The van der Waals surface area contributed by atoms with Crippen LogP contribution in [0.25, 0.3) is 0 Å². The third-order valence-corrected chi connectivity index (χ3v) is 2.39. The van der Waals surface area contributed by atoms with Gasteiger partial charge in [-0.15, -0.1) is 0 Å². The Labute approximate surface area is 97.3 Å². The second-order valence-electron chi connectivity index (χ2n) is 3.55. The second-order valence-corrected chi connectivity index (χ2v) is 3.55. The smallest absolute Gasteiger partial charge is 0.426 e. The van der Waals surface area contributed by atoms with Crippen LogP contribution in [-0.4, -0.2) is 30.2 Å². The summed E-state index contributed by atoms with van der Waals surface area (Å²) in [6.07, 6.45) is -14.6. The molecule has 0 spiro atoms. The van der Waals surface area contributed by atoms with E-state index in [0.29, 0.717) is 6.08 Å². The second kappa shape index (κ2) is 4.45. The van der Waals surface area contributed by atoms with Crippen LogP contribution in [0.3, 0.4) is 0 Å². The quantitative estimate of drug-likeness (QED) is 0.442. The van der Waals surface area contributed by atoms with Crippen molar-refractivity contribution < 1.29 is 40.6 Å². The Balaban J connectivity index is 2.93. The standard InChI is InChI=1S/C9H8F6O3/c1-2-5(16)17-6-3-4-7(18-6,8(10,11)12)9(13,14)15/h2,6H,1,3-4H2. The fourth-order valence-corrected chi connectivity index (χ4v) is 1.50. The van der Waals surface area contributed by atoms with Gasteiger partial charge in [0.25, 0.3) is 5.60 Å². The van der Waals surface area contributed by atoms with Gasteiger partial charge in [0.2, 0.25) is 6.29 Å². The summed E-state index contributed by atoms with van der Waals surface area (Å²) in [4.78, 5) is 10.7. The van der Waals surface area contributed by atoms with Crippen LogP contribution in [0.2, 0.25) is 0 Å². The predicted molar refractivity (Wildman–Crippen MR) is 45.2 cm³/mol. The molecule has 0 saturated carbocycles. The average molecular weight is 278 g/mol. The van der Waals surface area contributed by atoms with Crippen LogP contribution in [-0.2, 0) is 14.3 Å². The van der Waals surface area contributed by atoms with Crippen molar-refractivity contribution in [2.45, 2.75) is 37.1 Å². The number of rotatable bonds is 2. The molecular formula is C9H8F6O3. The first-order valence-corrected chi connectivity index (χ1v) is 4.68. The van der Waals surface area contributed by atoms with Crippen molar-refractivity contribution in [3.63, 3.8) is 0 Å². The molecule has 1 unspecified atom stereocenters. The molecule has 1 aliphatic heterocycles. The van der Waals surface area contributed by atoms with Crippen LogP contribution in [0.1, 0.15) is 12.8 Å². The lowest BCUT2D eigenvalue weighted by atomic mass is 9.99. The molecule has 0 aliphatic carbocycles. The molecule has 9 heteroatoms. The van der Waals surface area contributed by atoms with E-state index in [0.717, 1.165) is 0 Å². The summed E-state index contributed by atoms with van der Waals surface area (Å²) in [7, 11) is 0. The van der Waals surface area contributed by atoms with Crippen molar-refractivity contribution in [3.05, 3.63) is 12.7 Å². The van der Waals surface area contributed by atoms with E-state index in [1.165, 1.54) is 0 Å².